The van der Waals surface area contributed by atoms with E-state index in [0.717, 1.165) is 12.8 Å². The lowest BCUT2D eigenvalue weighted by atomic mass is 10.2. The summed E-state index contributed by atoms with van der Waals surface area (Å²) in [6.07, 6.45) is 2.04. The maximum atomic E-state index is 11.6. The Kier molecular flexibility index (Phi) is 4.30. The highest BCUT2D eigenvalue weighted by Gasteiger charge is 2.23. The number of hydrogen-bond donors (Lipinski definition) is 1. The monoisotopic (exact) mass is 253 g/mol. The second-order valence-electron chi connectivity index (χ2n) is 4.74. The summed E-state index contributed by atoms with van der Waals surface area (Å²) in [5.41, 5.74) is 0. The lowest BCUT2D eigenvalue weighted by Crippen LogP contribution is -2.35. The largest absolute Gasteiger partial charge is 0.368 e. The molecule has 2 rings (SSSR count). The Labute approximate surface area is 106 Å². The third-order valence-corrected chi connectivity index (χ3v) is 2.86. The molecule has 1 saturated heterocycles. The normalized spacial score (nSPS) is 19.4. The summed E-state index contributed by atoms with van der Waals surface area (Å²) in [5.74, 6) is 1.47. The Hall–Kier alpha value is -1.43. The van der Waals surface area contributed by atoms with Crippen molar-refractivity contribution >= 4 is 5.91 Å². The van der Waals surface area contributed by atoms with Gasteiger partial charge in [-0.3, -0.25) is 4.79 Å². The molecule has 1 aromatic rings. The molecule has 18 heavy (non-hydrogen) atoms. The highest BCUT2D eigenvalue weighted by atomic mass is 16.5. The van der Waals surface area contributed by atoms with Gasteiger partial charge in [-0.1, -0.05) is 19.0 Å². The number of aromatic nitrogens is 2. The maximum absolute atomic E-state index is 11.6. The first kappa shape index (κ1) is 13.0. The van der Waals surface area contributed by atoms with Crippen LogP contribution in [0.2, 0.25) is 0 Å². The SMILES string of the molecule is CC(C)c1noc(CCNC(=O)[C@@H]2CCCO2)n1. The Morgan fingerprint density at radius 2 is 2.39 bits per heavy atom. The van der Waals surface area contributed by atoms with E-state index in [1.807, 2.05) is 13.8 Å². The van der Waals surface area contributed by atoms with Crippen molar-refractivity contribution in [2.45, 2.75) is 45.1 Å². The molecule has 6 heteroatoms. The highest BCUT2D eigenvalue weighted by molar-refractivity contribution is 5.80. The van der Waals surface area contributed by atoms with E-state index >= 15 is 0 Å². The first-order chi connectivity index (χ1) is 8.66. The van der Waals surface area contributed by atoms with Gasteiger partial charge < -0.3 is 14.6 Å². The molecule has 1 atom stereocenters. The molecule has 1 aromatic heterocycles. The van der Waals surface area contributed by atoms with Crippen LogP contribution in [0.4, 0.5) is 0 Å². The van der Waals surface area contributed by atoms with Crippen molar-refractivity contribution in [3.8, 4) is 0 Å². The van der Waals surface area contributed by atoms with E-state index in [9.17, 15) is 4.79 Å². The summed E-state index contributed by atoms with van der Waals surface area (Å²) in [7, 11) is 0. The van der Waals surface area contributed by atoms with E-state index < -0.39 is 0 Å². The van der Waals surface area contributed by atoms with Gasteiger partial charge in [-0.25, -0.2) is 0 Å². The van der Waals surface area contributed by atoms with Gasteiger partial charge in [0.05, 0.1) is 0 Å². The second-order valence-corrected chi connectivity index (χ2v) is 4.74. The number of carbonyl (C=O) groups is 1. The molecule has 0 saturated carbocycles. The van der Waals surface area contributed by atoms with Gasteiger partial charge in [0.1, 0.15) is 6.10 Å². The Morgan fingerprint density at radius 1 is 1.56 bits per heavy atom. The molecular weight excluding hydrogens is 234 g/mol. The molecule has 1 amide bonds. The molecule has 6 nitrogen and oxygen atoms in total. The van der Waals surface area contributed by atoms with E-state index in [2.05, 4.69) is 15.5 Å². The zero-order valence-electron chi connectivity index (χ0n) is 10.8. The van der Waals surface area contributed by atoms with Crippen LogP contribution in [0, 0.1) is 0 Å². The quantitative estimate of drug-likeness (QED) is 0.848. The minimum absolute atomic E-state index is 0.0453. The van der Waals surface area contributed by atoms with Gasteiger partial charge in [0.25, 0.3) is 0 Å². The molecule has 1 fully saturated rings. The van der Waals surface area contributed by atoms with Crippen LogP contribution in [-0.4, -0.2) is 35.3 Å². The highest BCUT2D eigenvalue weighted by Crippen LogP contribution is 2.12. The topological polar surface area (TPSA) is 77.2 Å². The zero-order valence-corrected chi connectivity index (χ0v) is 10.8. The molecule has 1 aliphatic heterocycles. The van der Waals surface area contributed by atoms with Gasteiger partial charge in [0, 0.05) is 25.5 Å². The fourth-order valence-electron chi connectivity index (χ4n) is 1.79. The van der Waals surface area contributed by atoms with Crippen molar-refractivity contribution in [1.29, 1.82) is 0 Å². The van der Waals surface area contributed by atoms with Crippen LogP contribution >= 0.6 is 0 Å². The molecule has 0 unspecified atom stereocenters. The summed E-state index contributed by atoms with van der Waals surface area (Å²) in [6, 6.07) is 0. The van der Waals surface area contributed by atoms with Crippen LogP contribution in [0.25, 0.3) is 0 Å². The predicted molar refractivity (Wildman–Crippen MR) is 64.1 cm³/mol. The van der Waals surface area contributed by atoms with Crippen molar-refractivity contribution in [2.75, 3.05) is 13.2 Å². The number of nitrogens with one attached hydrogen (secondary N) is 1. The standard InChI is InChI=1S/C12H19N3O3/c1-8(2)11-14-10(18-15-11)5-6-13-12(16)9-4-3-7-17-9/h8-9H,3-7H2,1-2H3,(H,13,16)/t9-/m0/s1. The number of nitrogens with zero attached hydrogens (tertiary/aromatic N) is 2. The van der Waals surface area contributed by atoms with Crippen LogP contribution in [0.3, 0.4) is 0 Å². The van der Waals surface area contributed by atoms with Crippen molar-refractivity contribution in [2.24, 2.45) is 0 Å². The van der Waals surface area contributed by atoms with Crippen molar-refractivity contribution in [1.82, 2.24) is 15.5 Å². The molecule has 1 aliphatic rings. The summed E-state index contributed by atoms with van der Waals surface area (Å²) < 4.78 is 10.4. The summed E-state index contributed by atoms with van der Waals surface area (Å²) in [5, 5.41) is 6.69. The van der Waals surface area contributed by atoms with Crippen molar-refractivity contribution in [3.63, 3.8) is 0 Å². The second kappa shape index (κ2) is 5.95. The molecule has 1 N–H and O–H groups in total. The van der Waals surface area contributed by atoms with E-state index in [1.165, 1.54) is 0 Å². The van der Waals surface area contributed by atoms with E-state index in [4.69, 9.17) is 9.26 Å². The smallest absolute Gasteiger partial charge is 0.249 e. The van der Waals surface area contributed by atoms with Gasteiger partial charge in [-0.2, -0.15) is 4.98 Å². The summed E-state index contributed by atoms with van der Waals surface area (Å²) in [6.45, 7) is 5.19. The Morgan fingerprint density at radius 3 is 3.00 bits per heavy atom. The zero-order chi connectivity index (χ0) is 13.0. The molecule has 100 valence electrons. The van der Waals surface area contributed by atoms with Gasteiger partial charge in [0.15, 0.2) is 5.82 Å². The fourth-order valence-corrected chi connectivity index (χ4v) is 1.79. The third kappa shape index (κ3) is 3.29. The maximum Gasteiger partial charge on any atom is 0.249 e. The van der Waals surface area contributed by atoms with Gasteiger partial charge in [-0.05, 0) is 12.8 Å². The molecule has 2 heterocycles. The van der Waals surface area contributed by atoms with Gasteiger partial charge >= 0.3 is 0 Å². The number of ether oxygens (including phenoxy) is 1. The lowest BCUT2D eigenvalue weighted by Gasteiger charge is -2.08. The molecule has 0 bridgehead atoms. The third-order valence-electron chi connectivity index (χ3n) is 2.86. The van der Waals surface area contributed by atoms with Crippen LogP contribution in [0.1, 0.15) is 44.3 Å². The number of carbonyl (C=O) groups excluding carboxylic acids is 1. The Balaban J connectivity index is 1.72. The number of amides is 1. The number of rotatable bonds is 5. The average molecular weight is 253 g/mol. The van der Waals surface area contributed by atoms with Gasteiger partial charge in [0.2, 0.25) is 11.8 Å². The molecule has 0 aliphatic carbocycles. The average Bonchev–Trinajstić information content (AvgIpc) is 3.00. The summed E-state index contributed by atoms with van der Waals surface area (Å²) >= 11 is 0. The van der Waals surface area contributed by atoms with E-state index in [-0.39, 0.29) is 17.9 Å². The molecular formula is C12H19N3O3. The predicted octanol–water partition coefficient (Wildman–Crippen LogP) is 1.03. The first-order valence-electron chi connectivity index (χ1n) is 6.38. The fraction of sp³-hybridized carbons (Fsp3) is 0.750. The van der Waals surface area contributed by atoms with Crippen molar-refractivity contribution in [3.05, 3.63) is 11.7 Å². The van der Waals surface area contributed by atoms with Crippen LogP contribution in [0.15, 0.2) is 4.52 Å². The molecule has 0 radical (unpaired) electrons. The van der Waals surface area contributed by atoms with Crippen LogP contribution < -0.4 is 5.32 Å². The van der Waals surface area contributed by atoms with Crippen LogP contribution in [-0.2, 0) is 16.0 Å². The summed E-state index contributed by atoms with van der Waals surface area (Å²) in [4.78, 5) is 15.9. The minimum atomic E-state index is -0.279. The van der Waals surface area contributed by atoms with Crippen LogP contribution in [0.5, 0.6) is 0 Å². The minimum Gasteiger partial charge on any atom is -0.368 e. The van der Waals surface area contributed by atoms with E-state index in [0.29, 0.717) is 31.3 Å². The first-order valence-corrected chi connectivity index (χ1v) is 6.38. The van der Waals surface area contributed by atoms with E-state index in [1.54, 1.807) is 0 Å². The van der Waals surface area contributed by atoms with Crippen molar-refractivity contribution < 1.29 is 14.1 Å². The molecule has 0 aromatic carbocycles. The lowest BCUT2D eigenvalue weighted by molar-refractivity contribution is -0.130. The van der Waals surface area contributed by atoms with Gasteiger partial charge in [-0.15, -0.1) is 0 Å². The number of hydrogen-bond acceptors (Lipinski definition) is 5. The Bertz CT molecular complexity index is 397. The molecule has 0 spiro atoms.